The minimum absolute atomic E-state index is 0.0142. The summed E-state index contributed by atoms with van der Waals surface area (Å²) in [5.41, 5.74) is 0. The van der Waals surface area contributed by atoms with Crippen LogP contribution in [-0.4, -0.2) is 79.2 Å². The van der Waals surface area contributed by atoms with Crippen molar-refractivity contribution in [3.63, 3.8) is 0 Å². The average Bonchev–Trinajstić information content (AvgIpc) is 3.29. The number of thiophene rings is 1. The first-order valence-corrected chi connectivity index (χ1v) is 10.2. The van der Waals surface area contributed by atoms with Crippen molar-refractivity contribution >= 4 is 27.3 Å². The van der Waals surface area contributed by atoms with Gasteiger partial charge in [-0.1, -0.05) is 0 Å². The second-order valence-electron chi connectivity index (χ2n) is 6.16. The molecule has 0 N–H and O–H groups in total. The first-order valence-electron chi connectivity index (χ1n) is 7.95. The van der Waals surface area contributed by atoms with E-state index in [1.165, 1.54) is 10.7 Å². The zero-order chi connectivity index (χ0) is 17.6. The molecule has 0 aromatic carbocycles. The van der Waals surface area contributed by atoms with Gasteiger partial charge in [-0.25, -0.2) is 13.4 Å². The number of piperazine rings is 2. The minimum atomic E-state index is -3.63. The first kappa shape index (κ1) is 16.7. The lowest BCUT2D eigenvalue weighted by Gasteiger charge is -2.44. The van der Waals surface area contributed by atoms with Gasteiger partial charge < -0.3 is 9.32 Å². The number of amides is 1. The Balaban J connectivity index is 1.57. The Morgan fingerprint density at radius 2 is 2.04 bits per heavy atom. The van der Waals surface area contributed by atoms with Crippen molar-refractivity contribution in [1.82, 2.24) is 19.1 Å². The molecular weight excluding hydrogens is 364 g/mol. The molecule has 8 nitrogen and oxygen atoms in total. The fourth-order valence-electron chi connectivity index (χ4n) is 3.21. The van der Waals surface area contributed by atoms with Crippen LogP contribution >= 0.6 is 11.3 Å². The molecule has 25 heavy (non-hydrogen) atoms. The van der Waals surface area contributed by atoms with Crippen LogP contribution in [0.2, 0.25) is 0 Å². The van der Waals surface area contributed by atoms with Crippen LogP contribution in [0.1, 0.15) is 0 Å². The number of oxazole rings is 1. The van der Waals surface area contributed by atoms with Gasteiger partial charge in [-0.05, 0) is 12.1 Å². The molecule has 2 saturated heterocycles. The third-order valence-electron chi connectivity index (χ3n) is 4.69. The minimum Gasteiger partial charge on any atom is -0.443 e. The lowest BCUT2D eigenvalue weighted by Crippen LogP contribution is -2.64. The van der Waals surface area contributed by atoms with Crippen LogP contribution in [0.4, 0.5) is 0 Å². The van der Waals surface area contributed by atoms with E-state index in [2.05, 4.69) is 9.88 Å². The summed E-state index contributed by atoms with van der Waals surface area (Å²) in [7, 11) is -1.87. The van der Waals surface area contributed by atoms with Crippen LogP contribution in [0.3, 0.4) is 0 Å². The van der Waals surface area contributed by atoms with E-state index in [0.717, 1.165) is 17.9 Å². The van der Waals surface area contributed by atoms with Crippen LogP contribution in [0.15, 0.2) is 33.3 Å². The van der Waals surface area contributed by atoms with Crippen LogP contribution in [-0.2, 0) is 14.8 Å². The number of aromatic nitrogens is 1. The van der Waals surface area contributed by atoms with Gasteiger partial charge in [0, 0.05) is 39.8 Å². The molecule has 2 aliphatic heterocycles. The molecule has 0 radical (unpaired) electrons. The Morgan fingerprint density at radius 1 is 1.24 bits per heavy atom. The quantitative estimate of drug-likeness (QED) is 0.771. The fraction of sp³-hybridized carbons (Fsp3) is 0.467. The molecule has 2 aromatic rings. The lowest BCUT2D eigenvalue weighted by molar-refractivity contribution is -0.142. The molecule has 1 atom stereocenters. The highest BCUT2D eigenvalue weighted by molar-refractivity contribution is 7.91. The van der Waals surface area contributed by atoms with E-state index in [0.29, 0.717) is 30.3 Å². The van der Waals surface area contributed by atoms with Crippen molar-refractivity contribution in [3.8, 4) is 10.6 Å². The maximum absolute atomic E-state index is 13.0. The molecule has 0 saturated carbocycles. The standard InChI is InChI=1S/C15H18N4O4S2/c1-17-4-5-18-6-7-19(9-11(18)15(17)20)25(21,22)14-3-2-13(24-14)12-8-16-10-23-12/h2-3,8,10-11H,4-7,9H2,1H3/t11-/m1/s1. The number of carbonyl (C=O) groups excluding carboxylic acids is 1. The number of likely N-dealkylation sites (N-methyl/N-ethyl adjacent to an activating group) is 1. The SMILES string of the molecule is CN1CCN2CCN(S(=O)(=O)c3ccc(-c4cnco4)s3)C[C@@H]2C1=O. The molecule has 2 fully saturated rings. The van der Waals surface area contributed by atoms with Gasteiger partial charge >= 0.3 is 0 Å². The molecule has 0 bridgehead atoms. The van der Waals surface area contributed by atoms with Crippen molar-refractivity contribution in [2.24, 2.45) is 0 Å². The van der Waals surface area contributed by atoms with E-state index in [1.54, 1.807) is 30.3 Å². The maximum atomic E-state index is 13.0. The zero-order valence-corrected chi connectivity index (χ0v) is 15.3. The Labute approximate surface area is 149 Å². The normalized spacial score (nSPS) is 23.0. The second-order valence-corrected chi connectivity index (χ2v) is 9.41. The molecule has 10 heteroatoms. The van der Waals surface area contributed by atoms with Crippen molar-refractivity contribution < 1.29 is 17.6 Å². The summed E-state index contributed by atoms with van der Waals surface area (Å²) in [5, 5.41) is 0. The number of hydrogen-bond donors (Lipinski definition) is 0. The molecule has 1 amide bonds. The summed E-state index contributed by atoms with van der Waals surface area (Å²) >= 11 is 1.15. The van der Waals surface area contributed by atoms with Gasteiger partial charge in [0.1, 0.15) is 10.3 Å². The van der Waals surface area contributed by atoms with Crippen molar-refractivity contribution in [2.75, 3.05) is 39.8 Å². The summed E-state index contributed by atoms with van der Waals surface area (Å²) in [6, 6.07) is 2.91. The largest absolute Gasteiger partial charge is 0.443 e. The smallest absolute Gasteiger partial charge is 0.252 e. The van der Waals surface area contributed by atoms with Crippen LogP contribution in [0, 0.1) is 0 Å². The van der Waals surface area contributed by atoms with E-state index in [4.69, 9.17) is 4.42 Å². The van der Waals surface area contributed by atoms with Gasteiger partial charge in [-0.2, -0.15) is 4.31 Å². The molecule has 2 aromatic heterocycles. The first-order chi connectivity index (χ1) is 12.0. The topological polar surface area (TPSA) is 87.0 Å². The molecule has 0 aliphatic carbocycles. The number of rotatable bonds is 3. The zero-order valence-electron chi connectivity index (χ0n) is 13.7. The Hall–Kier alpha value is -1.75. The summed E-state index contributed by atoms with van der Waals surface area (Å²) in [4.78, 5) is 20.7. The van der Waals surface area contributed by atoms with E-state index < -0.39 is 16.1 Å². The van der Waals surface area contributed by atoms with E-state index in [-0.39, 0.29) is 16.7 Å². The van der Waals surface area contributed by atoms with Crippen molar-refractivity contribution in [2.45, 2.75) is 10.3 Å². The number of hydrogen-bond acceptors (Lipinski definition) is 7. The van der Waals surface area contributed by atoms with Crippen LogP contribution < -0.4 is 0 Å². The van der Waals surface area contributed by atoms with E-state index >= 15 is 0 Å². The summed E-state index contributed by atoms with van der Waals surface area (Å²) in [5.74, 6) is 0.528. The molecule has 2 aliphatic rings. The van der Waals surface area contributed by atoms with E-state index in [9.17, 15) is 13.2 Å². The molecule has 0 unspecified atom stereocenters. The number of carbonyl (C=O) groups is 1. The molecular formula is C15H18N4O4S2. The third-order valence-corrected chi connectivity index (χ3v) is 8.12. The van der Waals surface area contributed by atoms with Crippen LogP contribution in [0.25, 0.3) is 10.6 Å². The molecule has 0 spiro atoms. The highest BCUT2D eigenvalue weighted by atomic mass is 32.2. The van der Waals surface area contributed by atoms with Gasteiger partial charge in [0.25, 0.3) is 10.0 Å². The van der Waals surface area contributed by atoms with Crippen LogP contribution in [0.5, 0.6) is 0 Å². The summed E-state index contributed by atoms with van der Waals surface area (Å²) in [6.45, 7) is 2.64. The van der Waals surface area contributed by atoms with Gasteiger partial charge in [0.05, 0.1) is 11.1 Å². The third kappa shape index (κ3) is 2.88. The number of fused-ring (bicyclic) bond motifs is 1. The summed E-state index contributed by atoms with van der Waals surface area (Å²) in [6.07, 6.45) is 2.87. The average molecular weight is 382 g/mol. The van der Waals surface area contributed by atoms with Gasteiger partial charge in [0.15, 0.2) is 12.2 Å². The Morgan fingerprint density at radius 3 is 2.80 bits per heavy atom. The summed E-state index contributed by atoms with van der Waals surface area (Å²) < 4.78 is 32.9. The van der Waals surface area contributed by atoms with E-state index in [1.807, 2.05) is 0 Å². The van der Waals surface area contributed by atoms with Crippen molar-refractivity contribution in [1.29, 1.82) is 0 Å². The predicted molar refractivity (Wildman–Crippen MR) is 91.6 cm³/mol. The molecule has 134 valence electrons. The molecule has 4 heterocycles. The number of nitrogens with zero attached hydrogens (tertiary/aromatic N) is 4. The monoisotopic (exact) mass is 382 g/mol. The highest BCUT2D eigenvalue weighted by Gasteiger charge is 2.41. The second kappa shape index (κ2) is 6.20. The predicted octanol–water partition coefficient (Wildman–Crippen LogP) is 0.550. The maximum Gasteiger partial charge on any atom is 0.252 e. The molecule has 4 rings (SSSR count). The Bertz CT molecular complexity index is 877. The Kier molecular flexibility index (Phi) is 4.14. The van der Waals surface area contributed by atoms with Gasteiger partial charge in [-0.15, -0.1) is 11.3 Å². The lowest BCUT2D eigenvalue weighted by atomic mass is 10.1. The number of sulfonamides is 1. The van der Waals surface area contributed by atoms with Gasteiger partial charge in [-0.3, -0.25) is 9.69 Å². The van der Waals surface area contributed by atoms with Crippen molar-refractivity contribution in [3.05, 3.63) is 24.7 Å². The highest BCUT2D eigenvalue weighted by Crippen LogP contribution is 2.33. The van der Waals surface area contributed by atoms with Gasteiger partial charge in [0.2, 0.25) is 5.91 Å². The fourth-order valence-corrected chi connectivity index (χ4v) is 6.07.